The number of piperidine rings is 1. The molecule has 0 aliphatic carbocycles. The first-order valence-corrected chi connectivity index (χ1v) is 12.1. The first-order valence-electron chi connectivity index (χ1n) is 11.7. The minimum Gasteiger partial charge on any atom is -0.467 e. The maximum atomic E-state index is 13.3. The summed E-state index contributed by atoms with van der Waals surface area (Å²) in [7, 11) is 1.23. The van der Waals surface area contributed by atoms with Crippen molar-refractivity contribution in [2.75, 3.05) is 13.7 Å². The lowest BCUT2D eigenvalue weighted by molar-refractivity contribution is -0.146. The van der Waals surface area contributed by atoms with Crippen molar-refractivity contribution in [2.45, 2.75) is 58.5 Å². The normalized spacial score (nSPS) is 17.9. The molecule has 1 fully saturated rings. The summed E-state index contributed by atoms with van der Waals surface area (Å²) >= 11 is 6.22. The molecule has 3 rings (SSSR count). The SMILES string of the molecule is COC(=O)C(C[C@@H]1CCCNC1=O)NC(=O)C(CC(C)(C)C)NC(=O)c1cc2c(Cl)cccc2[nH]1. The maximum Gasteiger partial charge on any atom is 0.328 e. The number of carbonyl (C=O) groups is 4. The summed E-state index contributed by atoms with van der Waals surface area (Å²) in [5, 5.41) is 9.50. The summed E-state index contributed by atoms with van der Waals surface area (Å²) in [5.74, 6) is -2.17. The summed E-state index contributed by atoms with van der Waals surface area (Å²) < 4.78 is 4.88. The fraction of sp³-hybridized carbons (Fsp3) is 0.520. The van der Waals surface area contributed by atoms with Crippen molar-refractivity contribution in [3.05, 3.63) is 35.0 Å². The second kappa shape index (κ2) is 11.1. The van der Waals surface area contributed by atoms with Crippen molar-refractivity contribution in [2.24, 2.45) is 11.3 Å². The zero-order valence-electron chi connectivity index (χ0n) is 20.5. The van der Waals surface area contributed by atoms with Crippen molar-refractivity contribution in [1.82, 2.24) is 20.9 Å². The molecule has 0 bridgehead atoms. The van der Waals surface area contributed by atoms with Gasteiger partial charge in [-0.1, -0.05) is 38.4 Å². The van der Waals surface area contributed by atoms with Gasteiger partial charge in [0.15, 0.2) is 0 Å². The number of hydrogen-bond acceptors (Lipinski definition) is 5. The van der Waals surface area contributed by atoms with Crippen LogP contribution in [0, 0.1) is 11.3 Å². The maximum absolute atomic E-state index is 13.3. The highest BCUT2D eigenvalue weighted by atomic mass is 35.5. The number of benzene rings is 1. The summed E-state index contributed by atoms with van der Waals surface area (Å²) in [6.07, 6.45) is 1.88. The number of methoxy groups -OCH3 is 1. The number of rotatable bonds is 8. The van der Waals surface area contributed by atoms with Gasteiger partial charge in [0, 0.05) is 28.4 Å². The molecule has 1 saturated heterocycles. The molecule has 1 aliphatic rings. The lowest BCUT2D eigenvalue weighted by Gasteiger charge is -2.29. The minimum atomic E-state index is -1.01. The molecule has 2 heterocycles. The van der Waals surface area contributed by atoms with Gasteiger partial charge in [-0.2, -0.15) is 0 Å². The predicted octanol–water partition coefficient (Wildman–Crippen LogP) is 2.93. The van der Waals surface area contributed by atoms with E-state index in [-0.39, 0.29) is 23.4 Å². The fourth-order valence-corrected chi connectivity index (χ4v) is 4.50. The molecule has 3 amide bonds. The zero-order valence-corrected chi connectivity index (χ0v) is 21.3. The van der Waals surface area contributed by atoms with E-state index >= 15 is 0 Å². The number of nitrogens with one attached hydrogen (secondary N) is 4. The Kier molecular flexibility index (Phi) is 8.43. The highest BCUT2D eigenvalue weighted by molar-refractivity contribution is 6.35. The van der Waals surface area contributed by atoms with E-state index < -0.39 is 35.8 Å². The number of esters is 1. The summed E-state index contributed by atoms with van der Waals surface area (Å²) in [6, 6.07) is 5.02. The number of fused-ring (bicyclic) bond motifs is 1. The predicted molar refractivity (Wildman–Crippen MR) is 133 cm³/mol. The van der Waals surface area contributed by atoms with Crippen LogP contribution in [0.15, 0.2) is 24.3 Å². The molecule has 1 aliphatic heterocycles. The number of halogens is 1. The molecule has 3 atom stereocenters. The van der Waals surface area contributed by atoms with Gasteiger partial charge in [-0.15, -0.1) is 0 Å². The second-order valence-corrected chi connectivity index (χ2v) is 10.5. The molecule has 2 unspecified atom stereocenters. The van der Waals surface area contributed by atoms with Crippen LogP contribution < -0.4 is 16.0 Å². The van der Waals surface area contributed by atoms with Crippen LogP contribution in [0.25, 0.3) is 10.9 Å². The molecule has 0 spiro atoms. The number of aromatic amines is 1. The summed E-state index contributed by atoms with van der Waals surface area (Å²) in [5.41, 5.74) is 0.669. The highest BCUT2D eigenvalue weighted by Crippen LogP contribution is 2.25. The Labute approximate surface area is 209 Å². The van der Waals surface area contributed by atoms with E-state index in [9.17, 15) is 19.2 Å². The van der Waals surface area contributed by atoms with Gasteiger partial charge < -0.3 is 25.7 Å². The average Bonchev–Trinajstić information content (AvgIpc) is 3.24. The van der Waals surface area contributed by atoms with Gasteiger partial charge in [0.25, 0.3) is 5.91 Å². The van der Waals surface area contributed by atoms with Crippen LogP contribution in [-0.2, 0) is 19.1 Å². The van der Waals surface area contributed by atoms with Crippen LogP contribution in [-0.4, -0.2) is 54.4 Å². The Morgan fingerprint density at radius 3 is 2.57 bits per heavy atom. The molecule has 35 heavy (non-hydrogen) atoms. The Morgan fingerprint density at radius 1 is 1.20 bits per heavy atom. The van der Waals surface area contributed by atoms with Crippen LogP contribution in [0.1, 0.15) is 56.9 Å². The zero-order chi connectivity index (χ0) is 25.8. The lowest BCUT2D eigenvalue weighted by Crippen LogP contribution is -2.54. The van der Waals surface area contributed by atoms with Crippen LogP contribution >= 0.6 is 11.6 Å². The number of carbonyl (C=O) groups excluding carboxylic acids is 4. The van der Waals surface area contributed by atoms with Crippen molar-refractivity contribution in [1.29, 1.82) is 0 Å². The average molecular weight is 505 g/mol. The van der Waals surface area contributed by atoms with Gasteiger partial charge >= 0.3 is 5.97 Å². The Balaban J connectivity index is 1.78. The molecule has 2 aromatic rings. The number of ether oxygens (including phenoxy) is 1. The van der Waals surface area contributed by atoms with E-state index in [1.54, 1.807) is 24.3 Å². The standard InChI is InChI=1S/C25H33ClN4O5/c1-25(2,3)13-20(30-22(32)18-12-15-16(26)8-5-9-17(15)28-18)23(33)29-19(24(34)35-4)11-14-7-6-10-27-21(14)31/h5,8-9,12,14,19-20,28H,6-7,10-11,13H2,1-4H3,(H,27,31)(H,29,33)(H,30,32)/t14-,19?,20?/m0/s1. The number of hydrogen-bond donors (Lipinski definition) is 4. The van der Waals surface area contributed by atoms with Crippen LogP contribution in [0.2, 0.25) is 5.02 Å². The van der Waals surface area contributed by atoms with E-state index in [4.69, 9.17) is 16.3 Å². The van der Waals surface area contributed by atoms with Crippen molar-refractivity contribution in [3.63, 3.8) is 0 Å². The van der Waals surface area contributed by atoms with Crippen molar-refractivity contribution >= 4 is 46.2 Å². The first-order chi connectivity index (χ1) is 16.5. The third-order valence-corrected chi connectivity index (χ3v) is 6.35. The summed E-state index contributed by atoms with van der Waals surface area (Å²) in [6.45, 7) is 6.45. The van der Waals surface area contributed by atoms with Crippen molar-refractivity contribution in [3.8, 4) is 0 Å². The van der Waals surface area contributed by atoms with Gasteiger partial charge in [-0.3, -0.25) is 14.4 Å². The van der Waals surface area contributed by atoms with Gasteiger partial charge in [-0.25, -0.2) is 4.79 Å². The quantitative estimate of drug-likeness (QED) is 0.411. The number of aromatic nitrogens is 1. The molecule has 1 aromatic carbocycles. The third-order valence-electron chi connectivity index (χ3n) is 6.02. The van der Waals surface area contributed by atoms with Gasteiger partial charge in [0.1, 0.15) is 17.8 Å². The Hall–Kier alpha value is -3.07. The number of H-pyrrole nitrogens is 1. The monoisotopic (exact) mass is 504 g/mol. The van der Waals surface area contributed by atoms with E-state index in [0.29, 0.717) is 35.3 Å². The topological polar surface area (TPSA) is 129 Å². The first kappa shape index (κ1) is 26.5. The molecule has 10 heteroatoms. The van der Waals surface area contributed by atoms with E-state index in [2.05, 4.69) is 20.9 Å². The third kappa shape index (κ3) is 6.97. The smallest absolute Gasteiger partial charge is 0.328 e. The molecular formula is C25H33ClN4O5. The molecule has 190 valence electrons. The van der Waals surface area contributed by atoms with E-state index in [1.165, 1.54) is 7.11 Å². The van der Waals surface area contributed by atoms with Gasteiger partial charge in [0.2, 0.25) is 11.8 Å². The molecule has 0 radical (unpaired) electrons. The van der Waals surface area contributed by atoms with E-state index in [0.717, 1.165) is 6.42 Å². The Morgan fingerprint density at radius 2 is 1.94 bits per heavy atom. The number of amides is 3. The molecule has 0 saturated carbocycles. The molecule has 4 N–H and O–H groups in total. The lowest BCUT2D eigenvalue weighted by atomic mass is 9.87. The highest BCUT2D eigenvalue weighted by Gasteiger charge is 2.34. The van der Waals surface area contributed by atoms with Crippen LogP contribution in [0.4, 0.5) is 0 Å². The molecular weight excluding hydrogens is 472 g/mol. The molecule has 9 nitrogen and oxygen atoms in total. The molecule has 1 aromatic heterocycles. The second-order valence-electron chi connectivity index (χ2n) is 10.1. The van der Waals surface area contributed by atoms with Crippen LogP contribution in [0.3, 0.4) is 0 Å². The van der Waals surface area contributed by atoms with Crippen LogP contribution in [0.5, 0.6) is 0 Å². The van der Waals surface area contributed by atoms with Gasteiger partial charge in [0.05, 0.1) is 7.11 Å². The minimum absolute atomic E-state index is 0.126. The van der Waals surface area contributed by atoms with Crippen molar-refractivity contribution < 1.29 is 23.9 Å². The van der Waals surface area contributed by atoms with E-state index in [1.807, 2.05) is 20.8 Å². The Bertz CT molecular complexity index is 1110. The summed E-state index contributed by atoms with van der Waals surface area (Å²) in [4.78, 5) is 54.0. The fourth-order valence-electron chi connectivity index (χ4n) is 4.27. The van der Waals surface area contributed by atoms with Gasteiger partial charge in [-0.05, 0) is 49.3 Å². The largest absolute Gasteiger partial charge is 0.467 e.